The van der Waals surface area contributed by atoms with E-state index >= 15 is 0 Å². The summed E-state index contributed by atoms with van der Waals surface area (Å²) in [5.74, 6) is -0.838. The second-order valence-electron chi connectivity index (χ2n) is 12.5. The van der Waals surface area contributed by atoms with E-state index in [0.29, 0.717) is 6.42 Å². The van der Waals surface area contributed by atoms with Crippen LogP contribution < -0.4 is 5.73 Å². The van der Waals surface area contributed by atoms with Gasteiger partial charge in [0.1, 0.15) is 6.61 Å². The van der Waals surface area contributed by atoms with Crippen LogP contribution in [0.1, 0.15) is 168 Å². The zero-order valence-electron chi connectivity index (χ0n) is 30.0. The Morgan fingerprint density at radius 2 is 1.11 bits per heavy atom. The number of hydrogen-bond acceptors (Lipinski definition) is 8. The van der Waals surface area contributed by atoms with Gasteiger partial charge in [0.15, 0.2) is 6.10 Å². The average molecular weight is 688 g/mol. The highest BCUT2D eigenvalue weighted by Crippen LogP contribution is 2.43. The number of carbonyl (C=O) groups excluding carboxylic acids is 2. The summed E-state index contributed by atoms with van der Waals surface area (Å²) in [4.78, 5) is 34.6. The molecule has 47 heavy (non-hydrogen) atoms. The van der Waals surface area contributed by atoms with Gasteiger partial charge in [0.05, 0.1) is 13.2 Å². The fourth-order valence-electron chi connectivity index (χ4n) is 5.02. The van der Waals surface area contributed by atoms with Crippen molar-refractivity contribution in [2.45, 2.75) is 174 Å². The van der Waals surface area contributed by atoms with Gasteiger partial charge in [-0.15, -0.1) is 0 Å². The molecule has 0 heterocycles. The van der Waals surface area contributed by atoms with Gasteiger partial charge >= 0.3 is 19.8 Å². The van der Waals surface area contributed by atoms with Gasteiger partial charge in [0, 0.05) is 19.4 Å². The Bertz CT molecular complexity index is 835. The molecule has 0 aliphatic rings. The Morgan fingerprint density at radius 1 is 0.638 bits per heavy atom. The molecule has 0 saturated heterocycles. The first kappa shape index (κ1) is 45.5. The number of phosphoric acid groups is 1. The lowest BCUT2D eigenvalue weighted by atomic mass is 10.1. The number of nitrogens with two attached hydrogens (primary N) is 1. The highest BCUT2D eigenvalue weighted by molar-refractivity contribution is 7.47. The van der Waals surface area contributed by atoms with Crippen LogP contribution in [0.15, 0.2) is 24.3 Å². The van der Waals surface area contributed by atoms with Gasteiger partial charge < -0.3 is 20.1 Å². The summed E-state index contributed by atoms with van der Waals surface area (Å²) < 4.78 is 32.6. The molecule has 0 aromatic rings. The molecule has 0 spiro atoms. The molecular weight excluding hydrogens is 617 g/mol. The minimum atomic E-state index is -4.37. The van der Waals surface area contributed by atoms with Crippen molar-refractivity contribution in [2.75, 3.05) is 26.4 Å². The van der Waals surface area contributed by atoms with Crippen molar-refractivity contribution in [1.82, 2.24) is 0 Å². The van der Waals surface area contributed by atoms with Gasteiger partial charge in [-0.05, 0) is 32.1 Å². The second kappa shape index (κ2) is 34.4. The van der Waals surface area contributed by atoms with Crippen molar-refractivity contribution in [1.29, 1.82) is 0 Å². The molecule has 2 atom stereocenters. The van der Waals surface area contributed by atoms with Gasteiger partial charge in [-0.1, -0.05) is 147 Å². The molecule has 0 aliphatic heterocycles. The van der Waals surface area contributed by atoms with Crippen molar-refractivity contribution in [3.8, 4) is 0 Å². The third-order valence-electron chi connectivity index (χ3n) is 7.87. The van der Waals surface area contributed by atoms with Crippen LogP contribution in [-0.2, 0) is 32.7 Å². The maximum Gasteiger partial charge on any atom is 0.472 e. The summed E-state index contributed by atoms with van der Waals surface area (Å²) in [7, 11) is -4.37. The summed E-state index contributed by atoms with van der Waals surface area (Å²) in [6, 6.07) is 0. The number of carbonyl (C=O) groups is 2. The third kappa shape index (κ3) is 34.2. The largest absolute Gasteiger partial charge is 0.472 e. The zero-order chi connectivity index (χ0) is 34.7. The third-order valence-corrected chi connectivity index (χ3v) is 8.85. The lowest BCUT2D eigenvalue weighted by Crippen LogP contribution is -2.29. The van der Waals surface area contributed by atoms with E-state index < -0.39 is 32.5 Å². The molecule has 0 fully saturated rings. The molecule has 0 radical (unpaired) electrons. The summed E-state index contributed by atoms with van der Waals surface area (Å²) in [5, 5.41) is 0. The Hall–Kier alpha value is -1.51. The van der Waals surface area contributed by atoms with E-state index in [-0.39, 0.29) is 32.6 Å². The number of rotatable bonds is 35. The fourth-order valence-corrected chi connectivity index (χ4v) is 5.79. The van der Waals surface area contributed by atoms with E-state index in [9.17, 15) is 19.0 Å². The predicted molar refractivity (Wildman–Crippen MR) is 192 cm³/mol. The minimum Gasteiger partial charge on any atom is -0.462 e. The summed E-state index contributed by atoms with van der Waals surface area (Å²) in [6.07, 6.45) is 33.5. The maximum absolute atomic E-state index is 12.5. The Morgan fingerprint density at radius 3 is 1.64 bits per heavy atom. The van der Waals surface area contributed by atoms with Crippen LogP contribution in [0.3, 0.4) is 0 Å². The number of allylic oxidation sites excluding steroid dienone is 4. The van der Waals surface area contributed by atoms with Crippen molar-refractivity contribution >= 4 is 19.8 Å². The molecule has 0 saturated carbocycles. The van der Waals surface area contributed by atoms with Crippen molar-refractivity contribution in [3.05, 3.63) is 24.3 Å². The second-order valence-corrected chi connectivity index (χ2v) is 13.9. The molecule has 276 valence electrons. The van der Waals surface area contributed by atoms with Gasteiger partial charge in [0.25, 0.3) is 0 Å². The molecule has 0 aromatic carbocycles. The average Bonchev–Trinajstić information content (AvgIpc) is 3.05. The standard InChI is InChI=1S/C37H70NO8P/c1-3-5-7-9-11-13-15-16-17-18-20-21-23-25-27-29-36(39)43-33-35(34-45-47(41,42)44-32-31-38)46-37(40)30-28-26-24-22-19-14-12-10-8-6-4-2/h9,11,13,15,35H,3-8,10,12,14,16-34,38H2,1-2H3,(H,41,42)/b11-9+,15-13-/t35-/m1/s1. The fraction of sp³-hybridized carbons (Fsp3) is 0.838. The van der Waals surface area contributed by atoms with E-state index in [4.69, 9.17) is 24.3 Å². The van der Waals surface area contributed by atoms with E-state index in [1.54, 1.807) is 0 Å². The number of ether oxygens (including phenoxy) is 2. The van der Waals surface area contributed by atoms with Crippen LogP contribution in [0.25, 0.3) is 0 Å². The number of phosphoric ester groups is 1. The van der Waals surface area contributed by atoms with Gasteiger partial charge in [0.2, 0.25) is 0 Å². The summed E-state index contributed by atoms with van der Waals surface area (Å²) in [6.45, 7) is 3.66. The van der Waals surface area contributed by atoms with Crippen LogP contribution >= 0.6 is 7.82 Å². The molecule has 3 N–H and O–H groups in total. The van der Waals surface area contributed by atoms with E-state index in [2.05, 4.69) is 38.2 Å². The monoisotopic (exact) mass is 687 g/mol. The molecule has 9 nitrogen and oxygen atoms in total. The lowest BCUT2D eigenvalue weighted by Gasteiger charge is -2.19. The summed E-state index contributed by atoms with van der Waals surface area (Å²) in [5.41, 5.74) is 5.32. The Labute approximate surface area is 287 Å². The van der Waals surface area contributed by atoms with Crippen molar-refractivity contribution in [3.63, 3.8) is 0 Å². The number of hydrogen-bond donors (Lipinski definition) is 2. The number of unbranched alkanes of at least 4 members (excludes halogenated alkanes) is 19. The van der Waals surface area contributed by atoms with Crippen molar-refractivity contribution in [2.24, 2.45) is 5.73 Å². The normalized spacial score (nSPS) is 13.7. The first-order valence-corrected chi connectivity index (χ1v) is 20.3. The molecule has 1 unspecified atom stereocenters. The van der Waals surface area contributed by atoms with E-state index in [1.165, 1.54) is 83.5 Å². The quantitative estimate of drug-likeness (QED) is 0.0289. The SMILES string of the molecule is CCCC/C=C/C=C\CCCCCCCCCC(=O)OC[C@H](COP(=O)(O)OCCN)OC(=O)CCCCCCCCCCCCC. The van der Waals surface area contributed by atoms with Gasteiger partial charge in [-0.25, -0.2) is 4.57 Å². The predicted octanol–water partition coefficient (Wildman–Crippen LogP) is 10.0. The molecule has 0 rings (SSSR count). The van der Waals surface area contributed by atoms with Crippen LogP contribution in [0.5, 0.6) is 0 Å². The topological polar surface area (TPSA) is 134 Å². The Kier molecular flexibility index (Phi) is 33.3. The maximum atomic E-state index is 12.5. The lowest BCUT2D eigenvalue weighted by molar-refractivity contribution is -0.161. The molecule has 0 aromatic heterocycles. The molecular formula is C37H70NO8P. The first-order valence-electron chi connectivity index (χ1n) is 18.8. The molecule has 10 heteroatoms. The highest BCUT2D eigenvalue weighted by Gasteiger charge is 2.25. The minimum absolute atomic E-state index is 0.0534. The zero-order valence-corrected chi connectivity index (χ0v) is 30.9. The van der Waals surface area contributed by atoms with Gasteiger partial charge in [-0.3, -0.25) is 18.6 Å². The smallest absolute Gasteiger partial charge is 0.462 e. The van der Waals surface area contributed by atoms with Crippen LogP contribution in [-0.4, -0.2) is 49.3 Å². The van der Waals surface area contributed by atoms with Crippen LogP contribution in [0, 0.1) is 0 Å². The Balaban J connectivity index is 4.22. The number of esters is 2. The molecule has 0 aliphatic carbocycles. The first-order chi connectivity index (χ1) is 22.8. The van der Waals surface area contributed by atoms with E-state index in [1.807, 2.05) is 0 Å². The van der Waals surface area contributed by atoms with E-state index in [0.717, 1.165) is 51.4 Å². The molecule has 0 amide bonds. The van der Waals surface area contributed by atoms with Gasteiger partial charge in [-0.2, -0.15) is 0 Å². The summed E-state index contributed by atoms with van der Waals surface area (Å²) >= 11 is 0. The van der Waals surface area contributed by atoms with Crippen molar-refractivity contribution < 1.29 is 37.6 Å². The molecule has 0 bridgehead atoms. The van der Waals surface area contributed by atoms with Crippen LogP contribution in [0.2, 0.25) is 0 Å². The highest BCUT2D eigenvalue weighted by atomic mass is 31.2. The van der Waals surface area contributed by atoms with Crippen LogP contribution in [0.4, 0.5) is 0 Å².